The maximum Gasteiger partial charge on any atom is 0.0992 e. The molecule has 0 aliphatic rings. The van der Waals surface area contributed by atoms with Crippen molar-refractivity contribution in [1.82, 2.24) is 0 Å². The summed E-state index contributed by atoms with van der Waals surface area (Å²) >= 11 is 0. The van der Waals surface area contributed by atoms with Crippen molar-refractivity contribution >= 4 is 5.69 Å². The van der Waals surface area contributed by atoms with Gasteiger partial charge in [-0.1, -0.05) is 6.07 Å². The molecule has 0 spiro atoms. The third kappa shape index (κ3) is 2.53. The van der Waals surface area contributed by atoms with E-state index in [2.05, 4.69) is 24.8 Å². The molecule has 86 valence electrons. The van der Waals surface area contributed by atoms with Crippen LogP contribution in [0.15, 0.2) is 18.2 Å². The second-order valence-corrected chi connectivity index (χ2v) is 3.73. The summed E-state index contributed by atoms with van der Waals surface area (Å²) in [7, 11) is 0. The predicted molar refractivity (Wildman–Crippen MR) is 65.4 cm³/mol. The number of anilines is 1. The minimum absolute atomic E-state index is 0.511. The molecule has 0 saturated carbocycles. The fourth-order valence-corrected chi connectivity index (χ4v) is 1.80. The Bertz CT molecular complexity index is 389. The van der Waals surface area contributed by atoms with Gasteiger partial charge < -0.3 is 10.0 Å². The highest BCUT2D eigenvalue weighted by atomic mass is 16.3. The first-order chi connectivity index (χ1) is 7.63. The third-order valence-electron chi connectivity index (χ3n) is 2.71. The van der Waals surface area contributed by atoms with E-state index in [1.165, 1.54) is 0 Å². The summed E-state index contributed by atoms with van der Waals surface area (Å²) in [6, 6.07) is 7.55. The lowest BCUT2D eigenvalue weighted by molar-refractivity contribution is 0.199. The summed E-state index contributed by atoms with van der Waals surface area (Å²) in [5, 5.41) is 18.6. The van der Waals surface area contributed by atoms with Gasteiger partial charge in [0.1, 0.15) is 0 Å². The Kier molecular flexibility index (Phi) is 4.33. The zero-order chi connectivity index (χ0) is 12.1. The van der Waals surface area contributed by atoms with Gasteiger partial charge >= 0.3 is 0 Å². The van der Waals surface area contributed by atoms with Gasteiger partial charge in [0.25, 0.3) is 0 Å². The number of nitriles is 1. The minimum Gasteiger partial charge on any atom is -0.389 e. The Morgan fingerprint density at radius 2 is 2.00 bits per heavy atom. The van der Waals surface area contributed by atoms with Crippen LogP contribution in [0.5, 0.6) is 0 Å². The standard InChI is InChI=1S/C13H18N2O/c1-4-15(5-2)13-8-11(9-14)6-7-12(13)10(3)16/h6-8,10,16H,4-5H2,1-3H3/t10-/m0/s1. The van der Waals surface area contributed by atoms with Gasteiger partial charge in [0.2, 0.25) is 0 Å². The normalized spacial score (nSPS) is 11.9. The number of benzene rings is 1. The van der Waals surface area contributed by atoms with Crippen LogP contribution < -0.4 is 4.90 Å². The van der Waals surface area contributed by atoms with Gasteiger partial charge in [-0.25, -0.2) is 0 Å². The van der Waals surface area contributed by atoms with Gasteiger partial charge in [0.15, 0.2) is 0 Å². The number of nitrogens with zero attached hydrogens (tertiary/aromatic N) is 2. The van der Waals surface area contributed by atoms with Crippen LogP contribution >= 0.6 is 0 Å². The van der Waals surface area contributed by atoms with E-state index in [0.717, 1.165) is 24.3 Å². The van der Waals surface area contributed by atoms with Crippen molar-refractivity contribution in [2.24, 2.45) is 0 Å². The molecule has 3 nitrogen and oxygen atoms in total. The van der Waals surface area contributed by atoms with Crippen LogP contribution in [0, 0.1) is 11.3 Å². The first kappa shape index (κ1) is 12.5. The van der Waals surface area contributed by atoms with Crippen LogP contribution in [0.1, 0.15) is 38.0 Å². The molecular formula is C13H18N2O. The number of aliphatic hydroxyl groups is 1. The lowest BCUT2D eigenvalue weighted by Gasteiger charge is -2.25. The van der Waals surface area contributed by atoms with Crippen molar-refractivity contribution in [2.45, 2.75) is 26.9 Å². The van der Waals surface area contributed by atoms with Crippen molar-refractivity contribution in [3.8, 4) is 6.07 Å². The predicted octanol–water partition coefficient (Wildman–Crippen LogP) is 2.46. The van der Waals surface area contributed by atoms with Crippen LogP contribution in [-0.4, -0.2) is 18.2 Å². The largest absolute Gasteiger partial charge is 0.389 e. The molecule has 1 atom stereocenters. The molecule has 0 heterocycles. The Hall–Kier alpha value is -1.53. The lowest BCUT2D eigenvalue weighted by Crippen LogP contribution is -2.23. The summed E-state index contributed by atoms with van der Waals surface area (Å²) in [5.74, 6) is 0. The first-order valence-electron chi connectivity index (χ1n) is 5.61. The molecule has 0 aliphatic heterocycles. The highest BCUT2D eigenvalue weighted by Gasteiger charge is 2.12. The molecule has 3 heteroatoms. The summed E-state index contributed by atoms with van der Waals surface area (Å²) in [6.45, 7) is 7.60. The van der Waals surface area contributed by atoms with E-state index in [-0.39, 0.29) is 0 Å². The number of aliphatic hydroxyl groups excluding tert-OH is 1. The average molecular weight is 218 g/mol. The molecule has 1 aromatic carbocycles. The van der Waals surface area contributed by atoms with Gasteiger partial charge in [0.05, 0.1) is 17.7 Å². The van der Waals surface area contributed by atoms with E-state index in [4.69, 9.17) is 5.26 Å². The smallest absolute Gasteiger partial charge is 0.0992 e. The van der Waals surface area contributed by atoms with Crippen LogP contribution in [0.4, 0.5) is 5.69 Å². The Morgan fingerprint density at radius 1 is 1.38 bits per heavy atom. The number of hydrogen-bond acceptors (Lipinski definition) is 3. The number of rotatable bonds is 4. The maximum atomic E-state index is 9.70. The van der Waals surface area contributed by atoms with Gasteiger partial charge in [-0.3, -0.25) is 0 Å². The van der Waals surface area contributed by atoms with E-state index >= 15 is 0 Å². The molecule has 0 fully saturated rings. The van der Waals surface area contributed by atoms with Crippen LogP contribution in [-0.2, 0) is 0 Å². The number of hydrogen-bond donors (Lipinski definition) is 1. The summed E-state index contributed by atoms with van der Waals surface area (Å²) in [6.07, 6.45) is -0.511. The SMILES string of the molecule is CCN(CC)c1cc(C#N)ccc1[C@H](C)O. The molecule has 0 aliphatic carbocycles. The Morgan fingerprint density at radius 3 is 2.44 bits per heavy atom. The van der Waals surface area contributed by atoms with E-state index in [1.807, 2.05) is 12.1 Å². The second-order valence-electron chi connectivity index (χ2n) is 3.73. The molecular weight excluding hydrogens is 200 g/mol. The fourth-order valence-electron chi connectivity index (χ4n) is 1.80. The lowest BCUT2D eigenvalue weighted by atomic mass is 10.0. The van der Waals surface area contributed by atoms with Crippen molar-refractivity contribution in [3.05, 3.63) is 29.3 Å². The molecule has 1 rings (SSSR count). The van der Waals surface area contributed by atoms with Gasteiger partial charge in [-0.05, 0) is 32.9 Å². The molecule has 0 radical (unpaired) electrons. The minimum atomic E-state index is -0.511. The van der Waals surface area contributed by atoms with E-state index in [0.29, 0.717) is 5.56 Å². The van der Waals surface area contributed by atoms with Crippen LogP contribution in [0.25, 0.3) is 0 Å². The molecule has 0 unspecified atom stereocenters. The van der Waals surface area contributed by atoms with Crippen molar-refractivity contribution < 1.29 is 5.11 Å². The highest BCUT2D eigenvalue weighted by molar-refractivity contribution is 5.58. The van der Waals surface area contributed by atoms with Gasteiger partial charge in [-0.15, -0.1) is 0 Å². The molecule has 1 N–H and O–H groups in total. The van der Waals surface area contributed by atoms with Gasteiger partial charge in [0, 0.05) is 24.3 Å². The molecule has 0 amide bonds. The topological polar surface area (TPSA) is 47.3 Å². The quantitative estimate of drug-likeness (QED) is 0.844. The summed E-state index contributed by atoms with van der Waals surface area (Å²) in [4.78, 5) is 2.14. The van der Waals surface area contributed by atoms with E-state index in [9.17, 15) is 5.11 Å². The zero-order valence-electron chi connectivity index (χ0n) is 10.1. The monoisotopic (exact) mass is 218 g/mol. The van der Waals surface area contributed by atoms with E-state index < -0.39 is 6.10 Å². The Balaban J connectivity index is 3.25. The van der Waals surface area contributed by atoms with Gasteiger partial charge in [-0.2, -0.15) is 5.26 Å². The van der Waals surface area contributed by atoms with E-state index in [1.54, 1.807) is 13.0 Å². The molecule has 1 aromatic rings. The highest BCUT2D eigenvalue weighted by Crippen LogP contribution is 2.27. The second kappa shape index (κ2) is 5.53. The third-order valence-corrected chi connectivity index (χ3v) is 2.71. The first-order valence-corrected chi connectivity index (χ1v) is 5.61. The van der Waals surface area contributed by atoms with Crippen LogP contribution in [0.3, 0.4) is 0 Å². The fraction of sp³-hybridized carbons (Fsp3) is 0.462. The molecule has 0 bridgehead atoms. The maximum absolute atomic E-state index is 9.70. The van der Waals surface area contributed by atoms with Crippen LogP contribution in [0.2, 0.25) is 0 Å². The zero-order valence-corrected chi connectivity index (χ0v) is 10.1. The molecule has 0 aromatic heterocycles. The average Bonchev–Trinajstić information content (AvgIpc) is 2.30. The van der Waals surface area contributed by atoms with Crippen molar-refractivity contribution in [3.63, 3.8) is 0 Å². The van der Waals surface area contributed by atoms with Crippen molar-refractivity contribution in [1.29, 1.82) is 5.26 Å². The summed E-state index contributed by atoms with van der Waals surface area (Å²) < 4.78 is 0. The molecule has 0 saturated heterocycles. The summed E-state index contributed by atoms with van der Waals surface area (Å²) in [5.41, 5.74) is 2.47. The van der Waals surface area contributed by atoms with Crippen molar-refractivity contribution in [2.75, 3.05) is 18.0 Å². The Labute approximate surface area is 96.9 Å². The molecule has 16 heavy (non-hydrogen) atoms.